The van der Waals surface area contributed by atoms with Crippen molar-refractivity contribution in [1.82, 2.24) is 24.0 Å². The number of aromatic nitrogens is 4. The van der Waals surface area contributed by atoms with Crippen LogP contribution in [0.3, 0.4) is 0 Å². The fourth-order valence-corrected chi connectivity index (χ4v) is 4.67. The predicted octanol–water partition coefficient (Wildman–Crippen LogP) is 3.39. The number of para-hydroxylation sites is 1. The van der Waals surface area contributed by atoms with Crippen molar-refractivity contribution in [3.8, 4) is 0 Å². The zero-order chi connectivity index (χ0) is 20.1. The molecule has 2 fully saturated rings. The summed E-state index contributed by atoms with van der Waals surface area (Å²) >= 11 is 0. The first-order chi connectivity index (χ1) is 14.8. The largest absolute Gasteiger partial charge is 0.356 e. The Bertz CT molecular complexity index is 1260. The second-order valence-corrected chi connectivity index (χ2v) is 8.64. The monoisotopic (exact) mass is 403 g/mol. The molecule has 4 heterocycles. The summed E-state index contributed by atoms with van der Waals surface area (Å²) in [7, 11) is 0. The Balaban J connectivity index is 1.11. The number of piperidine rings is 1. The molecule has 0 radical (unpaired) electrons. The van der Waals surface area contributed by atoms with E-state index in [-0.39, 0.29) is 5.69 Å². The van der Waals surface area contributed by atoms with E-state index in [4.69, 9.17) is 4.52 Å². The molecular formula is C23H25N5O2. The third-order valence-electron chi connectivity index (χ3n) is 6.64. The van der Waals surface area contributed by atoms with Gasteiger partial charge in [-0.15, -0.1) is 0 Å². The maximum Gasteiger partial charge on any atom is 0.333 e. The second kappa shape index (κ2) is 7.09. The minimum atomic E-state index is 0.0100. The van der Waals surface area contributed by atoms with E-state index in [9.17, 15) is 4.79 Å². The lowest BCUT2D eigenvalue weighted by atomic mass is 9.91. The van der Waals surface area contributed by atoms with E-state index in [0.29, 0.717) is 18.4 Å². The highest BCUT2D eigenvalue weighted by molar-refractivity contribution is 5.79. The number of likely N-dealkylation sites (tertiary alicyclic amines) is 1. The molecule has 0 spiro atoms. The summed E-state index contributed by atoms with van der Waals surface area (Å²) < 4.78 is 9.01. The molecule has 1 saturated carbocycles. The van der Waals surface area contributed by atoms with Gasteiger partial charge in [-0.2, -0.15) is 0 Å². The van der Waals surface area contributed by atoms with E-state index in [1.807, 2.05) is 41.2 Å². The minimum Gasteiger partial charge on any atom is -0.356 e. The van der Waals surface area contributed by atoms with Crippen molar-refractivity contribution in [2.75, 3.05) is 19.6 Å². The van der Waals surface area contributed by atoms with Gasteiger partial charge in [0.15, 0.2) is 5.58 Å². The van der Waals surface area contributed by atoms with Gasteiger partial charge in [0, 0.05) is 42.7 Å². The third-order valence-corrected chi connectivity index (χ3v) is 6.64. The van der Waals surface area contributed by atoms with Crippen molar-refractivity contribution in [1.29, 1.82) is 0 Å². The van der Waals surface area contributed by atoms with Crippen LogP contribution in [0.5, 0.6) is 0 Å². The first-order valence-corrected chi connectivity index (χ1v) is 10.9. The average molecular weight is 403 g/mol. The van der Waals surface area contributed by atoms with E-state index < -0.39 is 0 Å². The molecule has 4 aromatic rings. The van der Waals surface area contributed by atoms with Crippen molar-refractivity contribution < 1.29 is 4.52 Å². The molecule has 1 aliphatic heterocycles. The normalized spacial score (nSPS) is 18.5. The number of imidazole rings is 1. The van der Waals surface area contributed by atoms with Crippen molar-refractivity contribution in [3.63, 3.8) is 0 Å². The summed E-state index contributed by atoms with van der Waals surface area (Å²) in [5.74, 6) is 0.997. The quantitative estimate of drug-likeness (QED) is 0.511. The van der Waals surface area contributed by atoms with Crippen molar-refractivity contribution in [2.45, 2.75) is 44.1 Å². The van der Waals surface area contributed by atoms with E-state index in [1.54, 1.807) is 4.40 Å². The SMILES string of the molecule is O=c1n(CCN2CCC(c3noc4ccccc34)CC2)ccc2nc(C3CC3)cn12. The first-order valence-electron chi connectivity index (χ1n) is 10.9. The lowest BCUT2D eigenvalue weighted by Crippen LogP contribution is -2.37. The van der Waals surface area contributed by atoms with Gasteiger partial charge in [0.1, 0.15) is 5.65 Å². The highest BCUT2D eigenvalue weighted by atomic mass is 16.5. The predicted molar refractivity (Wildman–Crippen MR) is 114 cm³/mol. The second-order valence-electron chi connectivity index (χ2n) is 8.64. The maximum absolute atomic E-state index is 12.8. The van der Waals surface area contributed by atoms with Crippen molar-refractivity contribution in [2.24, 2.45) is 0 Å². The number of benzene rings is 1. The van der Waals surface area contributed by atoms with Crippen LogP contribution in [0.25, 0.3) is 16.6 Å². The molecule has 2 aliphatic rings. The number of hydrogen-bond donors (Lipinski definition) is 0. The topological polar surface area (TPSA) is 68.6 Å². The maximum atomic E-state index is 12.8. The standard InChI is InChI=1S/C23H25N5O2/c29-23-27(12-9-21-24-19(15-28(21)23)16-5-6-16)14-13-26-10-7-17(8-11-26)22-18-3-1-2-4-20(18)30-25-22/h1-4,9,12,15-17H,5-8,10-11,13-14H2. The molecule has 1 aliphatic carbocycles. The molecular weight excluding hydrogens is 378 g/mol. The van der Waals surface area contributed by atoms with Gasteiger partial charge in [0.25, 0.3) is 0 Å². The molecule has 154 valence electrons. The molecule has 0 atom stereocenters. The minimum absolute atomic E-state index is 0.0100. The summed E-state index contributed by atoms with van der Waals surface area (Å²) in [6, 6.07) is 10.1. The van der Waals surface area contributed by atoms with Crippen LogP contribution in [-0.4, -0.2) is 43.6 Å². The Morgan fingerprint density at radius 2 is 1.83 bits per heavy atom. The van der Waals surface area contributed by atoms with Gasteiger partial charge in [-0.3, -0.25) is 8.97 Å². The molecule has 0 N–H and O–H groups in total. The molecule has 1 aromatic carbocycles. The Labute approximate surface area is 173 Å². The average Bonchev–Trinajstić information content (AvgIpc) is 3.39. The summed E-state index contributed by atoms with van der Waals surface area (Å²) in [4.78, 5) is 19.9. The molecule has 3 aromatic heterocycles. The van der Waals surface area contributed by atoms with Crippen LogP contribution in [0.15, 0.2) is 52.0 Å². The first kappa shape index (κ1) is 17.9. The van der Waals surface area contributed by atoms with Gasteiger partial charge in [-0.25, -0.2) is 9.78 Å². The van der Waals surface area contributed by atoms with Crippen LogP contribution in [0.4, 0.5) is 0 Å². The Kier molecular flexibility index (Phi) is 4.23. The Morgan fingerprint density at radius 1 is 1.00 bits per heavy atom. The Morgan fingerprint density at radius 3 is 2.67 bits per heavy atom. The van der Waals surface area contributed by atoms with E-state index in [0.717, 1.165) is 60.5 Å². The van der Waals surface area contributed by atoms with Gasteiger partial charge >= 0.3 is 5.69 Å². The van der Waals surface area contributed by atoms with Crippen molar-refractivity contribution >= 4 is 16.6 Å². The molecule has 1 saturated heterocycles. The van der Waals surface area contributed by atoms with Crippen LogP contribution >= 0.6 is 0 Å². The summed E-state index contributed by atoms with van der Waals surface area (Å²) in [5.41, 5.74) is 3.80. The van der Waals surface area contributed by atoms with Gasteiger partial charge in [0.05, 0.1) is 11.4 Å². The van der Waals surface area contributed by atoms with Crippen molar-refractivity contribution in [3.05, 3.63) is 64.6 Å². The highest BCUT2D eigenvalue weighted by Gasteiger charge is 2.27. The van der Waals surface area contributed by atoms with Gasteiger partial charge in [0.2, 0.25) is 0 Å². The fraction of sp³-hybridized carbons (Fsp3) is 0.435. The molecule has 7 nitrogen and oxygen atoms in total. The lowest BCUT2D eigenvalue weighted by molar-refractivity contribution is 0.201. The van der Waals surface area contributed by atoms with Crippen LogP contribution in [-0.2, 0) is 6.54 Å². The molecule has 0 unspecified atom stereocenters. The zero-order valence-electron chi connectivity index (χ0n) is 16.9. The number of hydrogen-bond acceptors (Lipinski definition) is 5. The van der Waals surface area contributed by atoms with E-state index in [2.05, 4.69) is 21.1 Å². The molecule has 0 bridgehead atoms. The van der Waals surface area contributed by atoms with E-state index in [1.165, 1.54) is 12.8 Å². The lowest BCUT2D eigenvalue weighted by Gasteiger charge is -2.31. The van der Waals surface area contributed by atoms with Gasteiger partial charge in [-0.1, -0.05) is 17.3 Å². The van der Waals surface area contributed by atoms with Crippen LogP contribution in [0.1, 0.15) is 48.9 Å². The number of fused-ring (bicyclic) bond motifs is 2. The molecule has 0 amide bonds. The van der Waals surface area contributed by atoms with Gasteiger partial charge < -0.3 is 9.42 Å². The fourth-order valence-electron chi connectivity index (χ4n) is 4.67. The number of rotatable bonds is 5. The molecule has 6 rings (SSSR count). The zero-order valence-corrected chi connectivity index (χ0v) is 16.9. The van der Waals surface area contributed by atoms with Crippen LogP contribution < -0.4 is 5.69 Å². The summed E-state index contributed by atoms with van der Waals surface area (Å²) in [5, 5.41) is 5.49. The van der Waals surface area contributed by atoms with E-state index >= 15 is 0 Å². The van der Waals surface area contributed by atoms with Gasteiger partial charge in [-0.05, 0) is 57.0 Å². The number of nitrogens with zero attached hydrogens (tertiary/aromatic N) is 5. The highest BCUT2D eigenvalue weighted by Crippen LogP contribution is 2.39. The molecule has 30 heavy (non-hydrogen) atoms. The summed E-state index contributed by atoms with van der Waals surface area (Å²) in [6.45, 7) is 3.60. The third kappa shape index (κ3) is 3.13. The smallest absolute Gasteiger partial charge is 0.333 e. The Hall–Kier alpha value is -2.93. The summed E-state index contributed by atoms with van der Waals surface area (Å²) in [6.07, 6.45) is 8.33. The van der Waals surface area contributed by atoms with Crippen LogP contribution in [0, 0.1) is 0 Å². The molecule has 7 heteroatoms. The van der Waals surface area contributed by atoms with Crippen LogP contribution in [0.2, 0.25) is 0 Å².